The van der Waals surface area contributed by atoms with Gasteiger partial charge in [0.05, 0.1) is 0 Å². The predicted molar refractivity (Wildman–Crippen MR) is 98.7 cm³/mol. The van der Waals surface area contributed by atoms with Crippen LogP contribution in [-0.4, -0.2) is 18.9 Å². The smallest absolute Gasteiger partial charge is 0.133 e. The van der Waals surface area contributed by atoms with E-state index in [0.717, 1.165) is 29.7 Å². The summed E-state index contributed by atoms with van der Waals surface area (Å²) in [6, 6.07) is 0.752. The summed E-state index contributed by atoms with van der Waals surface area (Å²) in [7, 11) is 2.14. The minimum absolute atomic E-state index is 0.318. The summed E-state index contributed by atoms with van der Waals surface area (Å²) >= 11 is 0. The van der Waals surface area contributed by atoms with Crippen LogP contribution in [0.5, 0.6) is 0 Å². The van der Waals surface area contributed by atoms with E-state index in [1.165, 1.54) is 57.8 Å². The van der Waals surface area contributed by atoms with Crippen molar-refractivity contribution in [2.75, 3.05) is 7.05 Å². The molecule has 0 aromatic heterocycles. The second-order valence-electron chi connectivity index (χ2n) is 10.2. The molecule has 0 spiro atoms. The van der Waals surface area contributed by atoms with Crippen molar-refractivity contribution in [3.8, 4) is 0 Å². The number of Topliss-reactive ketones (excluding diaryl/α,β-unsaturated/α-hetero) is 1. The largest absolute Gasteiger partial charge is 0.317 e. The first-order valence-electron chi connectivity index (χ1n) is 10.6. The third-order valence-electron chi connectivity index (χ3n) is 9.56. The first kappa shape index (κ1) is 17.1. The molecule has 0 bridgehead atoms. The van der Waals surface area contributed by atoms with E-state index in [2.05, 4.69) is 26.2 Å². The highest BCUT2D eigenvalue weighted by atomic mass is 16.1. The Kier molecular flexibility index (Phi) is 4.14. The van der Waals surface area contributed by atoms with E-state index in [-0.39, 0.29) is 0 Å². The van der Waals surface area contributed by atoms with E-state index in [0.29, 0.717) is 22.5 Å². The highest BCUT2D eigenvalue weighted by Gasteiger charge is 2.60. The number of nitrogens with one attached hydrogen (secondary N) is 1. The van der Waals surface area contributed by atoms with Gasteiger partial charge in [-0.25, -0.2) is 0 Å². The monoisotopic (exact) mass is 331 g/mol. The number of carbonyl (C=O) groups excluding carboxylic acids is 1. The van der Waals surface area contributed by atoms with E-state index in [1.54, 1.807) is 0 Å². The molecule has 2 heteroatoms. The Morgan fingerprint density at radius 3 is 2.33 bits per heavy atom. The molecule has 4 fully saturated rings. The average molecular weight is 332 g/mol. The molecular formula is C22H37NO. The summed E-state index contributed by atoms with van der Waals surface area (Å²) in [5.41, 5.74) is 0.893. The van der Waals surface area contributed by atoms with Crippen LogP contribution in [0.4, 0.5) is 0 Å². The molecule has 0 aromatic carbocycles. The van der Waals surface area contributed by atoms with Crippen molar-refractivity contribution in [2.45, 2.75) is 84.6 Å². The molecule has 8 atom stereocenters. The van der Waals surface area contributed by atoms with Gasteiger partial charge in [-0.3, -0.25) is 4.79 Å². The van der Waals surface area contributed by atoms with E-state index in [1.807, 2.05) is 6.92 Å². The summed E-state index contributed by atoms with van der Waals surface area (Å²) in [6.45, 7) is 6.96. The summed E-state index contributed by atoms with van der Waals surface area (Å²) in [6.07, 6.45) is 12.2. The molecule has 4 aliphatic carbocycles. The third-order valence-corrected chi connectivity index (χ3v) is 9.56. The van der Waals surface area contributed by atoms with Gasteiger partial charge in [0.25, 0.3) is 0 Å². The van der Waals surface area contributed by atoms with Crippen LogP contribution in [0.3, 0.4) is 0 Å². The highest BCUT2D eigenvalue weighted by Crippen LogP contribution is 2.67. The topological polar surface area (TPSA) is 29.1 Å². The first-order valence-corrected chi connectivity index (χ1v) is 10.6. The van der Waals surface area contributed by atoms with E-state index >= 15 is 0 Å². The number of rotatable bonds is 2. The van der Waals surface area contributed by atoms with Crippen LogP contribution in [0.15, 0.2) is 0 Å². The predicted octanol–water partition coefficient (Wildman–Crippen LogP) is 4.82. The fourth-order valence-electron chi connectivity index (χ4n) is 8.19. The molecule has 0 aromatic rings. The standard InChI is InChI=1S/C22H37NO/c1-14(24)18-7-8-19-17-6-5-15-13-16(23-4)9-11-21(15,2)20(17)10-12-22(18,19)3/h15-20,23H,5-13H2,1-4H3/t15-,16+,17-,18-,19+,20-,21-,22+/m0/s1. The Hall–Kier alpha value is -0.370. The van der Waals surface area contributed by atoms with Crippen LogP contribution in [0.2, 0.25) is 0 Å². The van der Waals surface area contributed by atoms with Gasteiger partial charge in [0.15, 0.2) is 0 Å². The van der Waals surface area contributed by atoms with Gasteiger partial charge >= 0.3 is 0 Å². The van der Waals surface area contributed by atoms with Crippen LogP contribution in [0, 0.1) is 40.4 Å². The first-order chi connectivity index (χ1) is 11.4. The fourth-order valence-corrected chi connectivity index (χ4v) is 8.19. The summed E-state index contributed by atoms with van der Waals surface area (Å²) in [5, 5.41) is 3.55. The number of ketones is 1. The van der Waals surface area contributed by atoms with E-state index in [9.17, 15) is 4.79 Å². The van der Waals surface area contributed by atoms with Crippen molar-refractivity contribution in [1.29, 1.82) is 0 Å². The van der Waals surface area contributed by atoms with E-state index in [4.69, 9.17) is 0 Å². The van der Waals surface area contributed by atoms with Crippen molar-refractivity contribution in [2.24, 2.45) is 40.4 Å². The third kappa shape index (κ3) is 2.27. The van der Waals surface area contributed by atoms with Crippen molar-refractivity contribution >= 4 is 5.78 Å². The van der Waals surface area contributed by atoms with Crippen LogP contribution in [0.25, 0.3) is 0 Å². The fraction of sp³-hybridized carbons (Fsp3) is 0.955. The maximum absolute atomic E-state index is 12.2. The van der Waals surface area contributed by atoms with Crippen molar-refractivity contribution < 1.29 is 4.79 Å². The maximum Gasteiger partial charge on any atom is 0.133 e. The second kappa shape index (κ2) is 5.83. The minimum Gasteiger partial charge on any atom is -0.317 e. The van der Waals surface area contributed by atoms with Gasteiger partial charge in [-0.15, -0.1) is 0 Å². The normalized spacial score (nSPS) is 53.8. The molecule has 0 amide bonds. The van der Waals surface area contributed by atoms with Gasteiger partial charge in [-0.2, -0.15) is 0 Å². The Bertz CT molecular complexity index is 516. The molecule has 0 aliphatic heterocycles. The molecule has 24 heavy (non-hydrogen) atoms. The van der Waals surface area contributed by atoms with Gasteiger partial charge in [-0.05, 0) is 106 Å². The zero-order valence-electron chi connectivity index (χ0n) is 16.2. The number of hydrogen-bond donors (Lipinski definition) is 1. The van der Waals surface area contributed by atoms with Gasteiger partial charge in [0.1, 0.15) is 5.78 Å². The molecule has 0 radical (unpaired) electrons. The van der Waals surface area contributed by atoms with Crippen LogP contribution in [-0.2, 0) is 4.79 Å². The lowest BCUT2D eigenvalue weighted by atomic mass is 9.44. The number of carbonyl (C=O) groups is 1. The molecule has 4 saturated carbocycles. The summed E-state index contributed by atoms with van der Waals surface area (Å²) in [4.78, 5) is 12.2. The molecule has 1 N–H and O–H groups in total. The van der Waals surface area contributed by atoms with Crippen LogP contribution >= 0.6 is 0 Å². The zero-order chi connectivity index (χ0) is 17.1. The van der Waals surface area contributed by atoms with E-state index < -0.39 is 0 Å². The molecule has 4 rings (SSSR count). The molecule has 0 unspecified atom stereocenters. The molecule has 0 heterocycles. The van der Waals surface area contributed by atoms with Gasteiger partial charge in [-0.1, -0.05) is 13.8 Å². The lowest BCUT2D eigenvalue weighted by molar-refractivity contribution is -0.134. The maximum atomic E-state index is 12.2. The van der Waals surface area contributed by atoms with Gasteiger partial charge in [0, 0.05) is 12.0 Å². The second-order valence-corrected chi connectivity index (χ2v) is 10.2. The molecular weight excluding hydrogens is 294 g/mol. The SMILES string of the molecule is CN[C@@H]1CC[C@@]2(C)[C@@H](CC[C@H]3[C@H]4CC[C@@H](C(C)=O)[C@@]4(C)CC[C@@H]32)C1. The molecule has 2 nitrogen and oxygen atoms in total. The van der Waals surface area contributed by atoms with Crippen molar-refractivity contribution in [3.05, 3.63) is 0 Å². The quantitative estimate of drug-likeness (QED) is 0.786. The number of hydrogen-bond acceptors (Lipinski definition) is 2. The Labute approximate surface area is 148 Å². The lowest BCUT2D eigenvalue weighted by Gasteiger charge is -2.61. The molecule has 4 aliphatic rings. The Morgan fingerprint density at radius 2 is 1.62 bits per heavy atom. The van der Waals surface area contributed by atoms with Crippen LogP contribution in [0.1, 0.15) is 78.6 Å². The summed E-state index contributed by atoms with van der Waals surface area (Å²) < 4.78 is 0. The minimum atomic E-state index is 0.318. The zero-order valence-corrected chi connectivity index (χ0v) is 16.2. The van der Waals surface area contributed by atoms with Crippen LogP contribution < -0.4 is 5.32 Å². The van der Waals surface area contributed by atoms with Gasteiger partial charge < -0.3 is 5.32 Å². The molecule has 0 saturated heterocycles. The van der Waals surface area contributed by atoms with Crippen molar-refractivity contribution in [3.63, 3.8) is 0 Å². The number of fused-ring (bicyclic) bond motifs is 5. The summed E-state index contributed by atoms with van der Waals surface area (Å²) in [5.74, 6) is 4.41. The lowest BCUT2D eigenvalue weighted by Crippen LogP contribution is -2.55. The Balaban J connectivity index is 1.59. The average Bonchev–Trinajstić information content (AvgIpc) is 2.91. The van der Waals surface area contributed by atoms with Crippen molar-refractivity contribution in [1.82, 2.24) is 5.32 Å². The van der Waals surface area contributed by atoms with Gasteiger partial charge in [0.2, 0.25) is 0 Å². The molecule has 136 valence electrons. The Morgan fingerprint density at radius 1 is 0.917 bits per heavy atom. The highest BCUT2D eigenvalue weighted by molar-refractivity contribution is 5.79.